The van der Waals surface area contributed by atoms with Crippen LogP contribution < -0.4 is 10.9 Å². The molecule has 110 valence electrons. The van der Waals surface area contributed by atoms with Gasteiger partial charge < -0.3 is 5.32 Å². The fraction of sp³-hybridized carbons (Fsp3) is 0.429. The second-order valence-corrected chi connectivity index (χ2v) is 6.23. The molecule has 0 radical (unpaired) electrons. The maximum atomic E-state index is 12.2. The highest BCUT2D eigenvalue weighted by Crippen LogP contribution is 2.15. The topological polar surface area (TPSA) is 87.8 Å². The molecule has 0 aromatic carbocycles. The highest BCUT2D eigenvalue weighted by Gasteiger charge is 2.30. The molecule has 0 saturated carbocycles. The number of nitriles is 1. The molecule has 7 heteroatoms. The Morgan fingerprint density at radius 3 is 2.95 bits per heavy atom. The van der Waals surface area contributed by atoms with E-state index in [1.54, 1.807) is 18.4 Å². The van der Waals surface area contributed by atoms with Gasteiger partial charge in [-0.1, -0.05) is 13.8 Å². The minimum Gasteiger partial charge on any atom is -0.336 e. The molecular formula is C14H16N4O2S. The molecule has 1 atom stereocenters. The lowest BCUT2D eigenvalue weighted by molar-refractivity contribution is -0.123. The maximum absolute atomic E-state index is 12.2. The Balaban J connectivity index is 2.21. The minimum atomic E-state index is -0.958. The monoisotopic (exact) mass is 304 g/mol. The van der Waals surface area contributed by atoms with Crippen molar-refractivity contribution < 1.29 is 4.79 Å². The number of aromatic nitrogens is 2. The van der Waals surface area contributed by atoms with Crippen LogP contribution >= 0.6 is 11.3 Å². The molecule has 1 N–H and O–H groups in total. The van der Waals surface area contributed by atoms with Gasteiger partial charge >= 0.3 is 0 Å². The van der Waals surface area contributed by atoms with Gasteiger partial charge in [-0.3, -0.25) is 14.2 Å². The molecule has 2 rings (SSSR count). The van der Waals surface area contributed by atoms with E-state index in [1.807, 2.05) is 13.8 Å². The van der Waals surface area contributed by atoms with Crippen LogP contribution in [0.15, 0.2) is 22.6 Å². The van der Waals surface area contributed by atoms with Crippen LogP contribution in [0.5, 0.6) is 0 Å². The predicted molar refractivity (Wildman–Crippen MR) is 80.9 cm³/mol. The Bertz CT molecular complexity index is 771. The molecule has 1 unspecified atom stereocenters. The zero-order valence-electron chi connectivity index (χ0n) is 12.1. The lowest BCUT2D eigenvalue weighted by atomic mass is 9.90. The van der Waals surface area contributed by atoms with Crippen molar-refractivity contribution in [2.75, 3.05) is 0 Å². The van der Waals surface area contributed by atoms with E-state index in [2.05, 4.69) is 16.4 Å². The third-order valence-electron chi connectivity index (χ3n) is 3.55. The Morgan fingerprint density at radius 1 is 1.62 bits per heavy atom. The van der Waals surface area contributed by atoms with Gasteiger partial charge in [-0.25, -0.2) is 4.98 Å². The molecule has 2 heterocycles. The van der Waals surface area contributed by atoms with Gasteiger partial charge in [0.1, 0.15) is 16.9 Å². The van der Waals surface area contributed by atoms with Gasteiger partial charge in [0.2, 0.25) is 5.91 Å². The van der Waals surface area contributed by atoms with Crippen LogP contribution in [0.25, 0.3) is 10.2 Å². The molecule has 0 aliphatic rings. The van der Waals surface area contributed by atoms with Crippen LogP contribution in [0.2, 0.25) is 0 Å². The highest BCUT2D eigenvalue weighted by atomic mass is 32.1. The third-order valence-corrected chi connectivity index (χ3v) is 4.37. The summed E-state index contributed by atoms with van der Waals surface area (Å²) in [7, 11) is 0. The van der Waals surface area contributed by atoms with Gasteiger partial charge in [0.05, 0.1) is 17.8 Å². The molecule has 0 aliphatic carbocycles. The second-order valence-electron chi connectivity index (χ2n) is 5.33. The van der Waals surface area contributed by atoms with Crippen molar-refractivity contribution in [3.8, 4) is 6.07 Å². The molecule has 2 aromatic heterocycles. The number of rotatable bonds is 4. The lowest BCUT2D eigenvalue weighted by Crippen LogP contribution is -2.50. The number of fused-ring (bicyclic) bond motifs is 1. The summed E-state index contributed by atoms with van der Waals surface area (Å²) in [6, 6.07) is 3.79. The van der Waals surface area contributed by atoms with E-state index < -0.39 is 5.54 Å². The molecule has 1 amide bonds. The quantitative estimate of drug-likeness (QED) is 0.927. The molecule has 0 saturated heterocycles. The van der Waals surface area contributed by atoms with E-state index in [0.717, 1.165) is 0 Å². The van der Waals surface area contributed by atoms with Crippen LogP contribution in [0, 0.1) is 17.2 Å². The molecule has 0 bridgehead atoms. The van der Waals surface area contributed by atoms with E-state index in [4.69, 9.17) is 0 Å². The molecule has 0 fully saturated rings. The van der Waals surface area contributed by atoms with Crippen molar-refractivity contribution in [3.63, 3.8) is 0 Å². The number of carbonyl (C=O) groups excluding carboxylic acids is 1. The molecule has 6 nitrogen and oxygen atoms in total. The molecule has 2 aromatic rings. The van der Waals surface area contributed by atoms with Crippen molar-refractivity contribution in [2.45, 2.75) is 32.9 Å². The number of hydrogen-bond acceptors (Lipinski definition) is 5. The number of nitrogens with one attached hydrogen (secondary N) is 1. The average Bonchev–Trinajstić information content (AvgIpc) is 2.90. The van der Waals surface area contributed by atoms with Crippen LogP contribution in [0.1, 0.15) is 20.8 Å². The number of thiophene rings is 1. The Labute approximate surface area is 126 Å². The molecule has 21 heavy (non-hydrogen) atoms. The van der Waals surface area contributed by atoms with E-state index >= 15 is 0 Å². The Kier molecular flexibility index (Phi) is 4.09. The van der Waals surface area contributed by atoms with Gasteiger partial charge in [0.15, 0.2) is 0 Å². The van der Waals surface area contributed by atoms with Gasteiger partial charge in [0, 0.05) is 0 Å². The van der Waals surface area contributed by atoms with Crippen LogP contribution in [0.4, 0.5) is 0 Å². The fourth-order valence-corrected chi connectivity index (χ4v) is 2.51. The van der Waals surface area contributed by atoms with Gasteiger partial charge in [-0.15, -0.1) is 11.3 Å². The van der Waals surface area contributed by atoms with E-state index in [-0.39, 0.29) is 23.9 Å². The van der Waals surface area contributed by atoms with Gasteiger partial charge in [0.25, 0.3) is 5.56 Å². The summed E-state index contributed by atoms with van der Waals surface area (Å²) in [5.74, 6) is -0.424. The van der Waals surface area contributed by atoms with Crippen molar-refractivity contribution in [2.24, 2.45) is 5.92 Å². The van der Waals surface area contributed by atoms with E-state index in [1.165, 1.54) is 22.2 Å². The predicted octanol–water partition coefficient (Wildman–Crippen LogP) is 1.51. The van der Waals surface area contributed by atoms with Crippen LogP contribution in [-0.2, 0) is 11.3 Å². The fourth-order valence-electron chi connectivity index (χ4n) is 1.79. The number of hydrogen-bond donors (Lipinski definition) is 1. The largest absolute Gasteiger partial charge is 0.336 e. The highest BCUT2D eigenvalue weighted by molar-refractivity contribution is 7.16. The second kappa shape index (κ2) is 5.66. The SMILES string of the molecule is CC(C)C(C)(C#N)NC(=O)Cn1cnc2sccc2c1=O. The summed E-state index contributed by atoms with van der Waals surface area (Å²) in [6.07, 6.45) is 1.36. The van der Waals surface area contributed by atoms with Crippen molar-refractivity contribution in [1.29, 1.82) is 5.26 Å². The third kappa shape index (κ3) is 2.95. The van der Waals surface area contributed by atoms with Crippen LogP contribution in [-0.4, -0.2) is 21.0 Å². The molecule has 0 spiro atoms. The molecule has 0 aliphatic heterocycles. The summed E-state index contributed by atoms with van der Waals surface area (Å²) in [4.78, 5) is 29.0. The van der Waals surface area contributed by atoms with Gasteiger partial charge in [-0.05, 0) is 24.3 Å². The summed E-state index contributed by atoms with van der Waals surface area (Å²) in [5, 5.41) is 14.2. The molecular weight excluding hydrogens is 288 g/mol. The Morgan fingerprint density at radius 2 is 2.33 bits per heavy atom. The normalized spacial score (nSPS) is 13.9. The van der Waals surface area contributed by atoms with Gasteiger partial charge in [-0.2, -0.15) is 5.26 Å². The first-order chi connectivity index (χ1) is 9.87. The average molecular weight is 304 g/mol. The first-order valence-corrected chi connectivity index (χ1v) is 7.40. The summed E-state index contributed by atoms with van der Waals surface area (Å²) < 4.78 is 1.25. The van der Waals surface area contributed by atoms with Crippen molar-refractivity contribution in [3.05, 3.63) is 28.1 Å². The standard InChI is InChI=1S/C14H16N4O2S/c1-9(2)14(3,7-15)17-11(19)6-18-8-16-12-10(13(18)20)4-5-21-12/h4-5,8-9H,6H2,1-3H3,(H,17,19). The van der Waals surface area contributed by atoms with E-state index in [0.29, 0.717) is 10.2 Å². The zero-order chi connectivity index (χ0) is 15.6. The van der Waals surface area contributed by atoms with Crippen molar-refractivity contribution >= 4 is 27.5 Å². The number of carbonyl (C=O) groups is 1. The first kappa shape index (κ1) is 15.2. The minimum absolute atomic E-state index is 0.0411. The maximum Gasteiger partial charge on any atom is 0.262 e. The summed E-state index contributed by atoms with van der Waals surface area (Å²) >= 11 is 1.38. The number of nitrogens with zero attached hydrogens (tertiary/aromatic N) is 3. The summed E-state index contributed by atoms with van der Waals surface area (Å²) in [5.41, 5.74) is -1.21. The van der Waals surface area contributed by atoms with Crippen molar-refractivity contribution in [1.82, 2.24) is 14.9 Å². The lowest BCUT2D eigenvalue weighted by Gasteiger charge is -2.27. The van der Waals surface area contributed by atoms with E-state index in [9.17, 15) is 14.9 Å². The first-order valence-electron chi connectivity index (χ1n) is 6.52. The smallest absolute Gasteiger partial charge is 0.262 e. The Hall–Kier alpha value is -2.20. The summed E-state index contributed by atoms with van der Waals surface area (Å²) in [6.45, 7) is 5.23. The zero-order valence-corrected chi connectivity index (χ0v) is 12.9. The van der Waals surface area contributed by atoms with Crippen LogP contribution in [0.3, 0.4) is 0 Å². The number of amides is 1.